The molecule has 0 aliphatic heterocycles. The van der Waals surface area contributed by atoms with Gasteiger partial charge in [0.1, 0.15) is 0 Å². The van der Waals surface area contributed by atoms with Crippen LogP contribution in [0.25, 0.3) is 11.5 Å². The lowest BCUT2D eigenvalue weighted by Crippen LogP contribution is -2.47. The van der Waals surface area contributed by atoms with Crippen LogP contribution in [0.4, 0.5) is 14.5 Å². The minimum absolute atomic E-state index is 0.229. The zero-order valence-electron chi connectivity index (χ0n) is 21.2. The van der Waals surface area contributed by atoms with Crippen LogP contribution in [0.5, 0.6) is 0 Å². The van der Waals surface area contributed by atoms with E-state index in [-0.39, 0.29) is 18.7 Å². The molecule has 37 heavy (non-hydrogen) atoms. The minimum atomic E-state index is -2.74. The van der Waals surface area contributed by atoms with Crippen molar-refractivity contribution in [3.05, 3.63) is 47.5 Å². The maximum absolute atomic E-state index is 13.6. The summed E-state index contributed by atoms with van der Waals surface area (Å²) in [6.45, 7) is 0.486. The van der Waals surface area contributed by atoms with Crippen LogP contribution in [0.1, 0.15) is 86.8 Å². The van der Waals surface area contributed by atoms with Crippen molar-refractivity contribution in [2.45, 2.75) is 82.0 Å². The van der Waals surface area contributed by atoms with Crippen molar-refractivity contribution >= 4 is 11.6 Å². The van der Waals surface area contributed by atoms with E-state index >= 15 is 0 Å². The van der Waals surface area contributed by atoms with Crippen LogP contribution in [0.15, 0.2) is 34.9 Å². The first-order chi connectivity index (χ1) is 17.9. The van der Waals surface area contributed by atoms with E-state index < -0.39 is 11.8 Å². The van der Waals surface area contributed by atoms with Crippen LogP contribution >= 0.6 is 0 Å². The highest BCUT2D eigenvalue weighted by atomic mass is 19.3. The Hall–Kier alpha value is -3.10. The van der Waals surface area contributed by atoms with E-state index in [1.807, 2.05) is 36.0 Å². The van der Waals surface area contributed by atoms with Crippen LogP contribution in [0.3, 0.4) is 0 Å². The lowest BCUT2D eigenvalue weighted by molar-refractivity contribution is -0.147. The number of rotatable bonds is 11. The number of alkyl halides is 2. The standard InChI is InChI=1S/C28H33F2N5O2/c1-34-22(15-24(32-34)18-9-10-18)7-3-2-4-13-35(27(36)21-16-28(29,30)17-21)23-8-5-6-20(14-23)26-31-25(33-37-26)19-11-12-19/h5-6,8,14-15,18-19,21H,2-4,7,9-13,16-17H2,1H3. The minimum Gasteiger partial charge on any atom is -0.334 e. The highest BCUT2D eigenvalue weighted by Crippen LogP contribution is 2.44. The third kappa shape index (κ3) is 5.45. The number of benzene rings is 1. The predicted octanol–water partition coefficient (Wildman–Crippen LogP) is 6.02. The molecule has 9 heteroatoms. The van der Waals surface area contributed by atoms with E-state index in [4.69, 9.17) is 4.52 Å². The summed E-state index contributed by atoms with van der Waals surface area (Å²) in [5.74, 6) is -1.44. The summed E-state index contributed by atoms with van der Waals surface area (Å²) in [6.07, 6.45) is 7.53. The molecule has 3 fully saturated rings. The second-order valence-electron chi connectivity index (χ2n) is 11.0. The Balaban J connectivity index is 1.11. The molecule has 3 saturated carbocycles. The third-order valence-electron chi connectivity index (χ3n) is 7.80. The number of halogens is 2. The monoisotopic (exact) mass is 509 g/mol. The van der Waals surface area contributed by atoms with E-state index in [1.54, 1.807) is 4.90 Å². The molecule has 0 radical (unpaired) electrons. The second-order valence-corrected chi connectivity index (χ2v) is 11.0. The van der Waals surface area contributed by atoms with Gasteiger partial charge in [-0.05, 0) is 69.2 Å². The van der Waals surface area contributed by atoms with Gasteiger partial charge in [-0.1, -0.05) is 17.6 Å². The van der Waals surface area contributed by atoms with Gasteiger partial charge in [0.05, 0.1) is 5.69 Å². The number of aryl methyl sites for hydroxylation is 2. The third-order valence-corrected chi connectivity index (χ3v) is 7.80. The number of hydrogen-bond acceptors (Lipinski definition) is 5. The Morgan fingerprint density at radius 3 is 2.62 bits per heavy atom. The van der Waals surface area contributed by atoms with Gasteiger partial charge in [0.15, 0.2) is 5.82 Å². The summed E-state index contributed by atoms with van der Waals surface area (Å²) in [5, 5.41) is 8.73. The summed E-state index contributed by atoms with van der Waals surface area (Å²) in [7, 11) is 2.00. The molecule has 3 aliphatic rings. The Kier molecular flexibility index (Phi) is 6.32. The van der Waals surface area contributed by atoms with E-state index in [9.17, 15) is 13.6 Å². The smallest absolute Gasteiger partial charge is 0.258 e. The molecule has 1 amide bonds. The number of nitrogens with zero attached hydrogens (tertiary/aromatic N) is 5. The quantitative estimate of drug-likeness (QED) is 0.296. The molecular weight excluding hydrogens is 476 g/mol. The maximum atomic E-state index is 13.6. The molecule has 7 nitrogen and oxygen atoms in total. The number of unbranched alkanes of at least 4 members (excludes halogenated alkanes) is 2. The molecule has 2 heterocycles. The van der Waals surface area contributed by atoms with Crippen LogP contribution < -0.4 is 4.90 Å². The van der Waals surface area contributed by atoms with Crippen molar-refractivity contribution in [1.29, 1.82) is 0 Å². The molecule has 0 bridgehead atoms. The highest BCUT2D eigenvalue weighted by Gasteiger charge is 2.50. The fourth-order valence-electron chi connectivity index (χ4n) is 5.18. The molecule has 0 spiro atoms. The van der Waals surface area contributed by atoms with E-state index in [0.717, 1.165) is 49.9 Å². The average Bonchev–Trinajstić information content (AvgIpc) is 3.81. The predicted molar refractivity (Wildman–Crippen MR) is 134 cm³/mol. The van der Waals surface area contributed by atoms with Crippen LogP contribution in [0, 0.1) is 5.92 Å². The fourth-order valence-corrected chi connectivity index (χ4v) is 5.18. The second kappa shape index (κ2) is 9.65. The topological polar surface area (TPSA) is 77.1 Å². The summed E-state index contributed by atoms with van der Waals surface area (Å²) in [6, 6.07) is 9.65. The average molecular weight is 510 g/mol. The molecular formula is C28H33F2N5O2. The van der Waals surface area contributed by atoms with Crippen molar-refractivity contribution in [2.24, 2.45) is 13.0 Å². The van der Waals surface area contributed by atoms with Crippen LogP contribution in [0.2, 0.25) is 0 Å². The van der Waals surface area contributed by atoms with Gasteiger partial charge >= 0.3 is 0 Å². The van der Waals surface area contributed by atoms with Gasteiger partial charge in [0.2, 0.25) is 11.8 Å². The van der Waals surface area contributed by atoms with Gasteiger partial charge in [0.25, 0.3) is 5.89 Å². The van der Waals surface area contributed by atoms with Gasteiger partial charge in [-0.15, -0.1) is 0 Å². The molecule has 0 unspecified atom stereocenters. The van der Waals surface area contributed by atoms with Gasteiger partial charge in [0, 0.05) is 61.1 Å². The number of hydrogen-bond donors (Lipinski definition) is 0. The van der Waals surface area contributed by atoms with Crippen molar-refractivity contribution in [2.75, 3.05) is 11.4 Å². The van der Waals surface area contributed by atoms with Crippen molar-refractivity contribution < 1.29 is 18.1 Å². The lowest BCUT2D eigenvalue weighted by Gasteiger charge is -2.37. The Morgan fingerprint density at radius 2 is 1.89 bits per heavy atom. The fraction of sp³-hybridized carbons (Fsp3) is 0.571. The summed E-state index contributed by atoms with van der Waals surface area (Å²) >= 11 is 0. The Labute approximate surface area is 215 Å². The SMILES string of the molecule is Cn1nc(C2CC2)cc1CCCCCN(C(=O)C1CC(F)(F)C1)c1cccc(-c2nc(C3CC3)no2)c1. The number of amides is 1. The molecule has 0 saturated heterocycles. The first-order valence-electron chi connectivity index (χ1n) is 13.5. The zero-order chi connectivity index (χ0) is 25.6. The van der Waals surface area contributed by atoms with Crippen LogP contribution in [-0.4, -0.2) is 38.3 Å². The zero-order valence-corrected chi connectivity index (χ0v) is 21.2. The highest BCUT2D eigenvalue weighted by molar-refractivity contribution is 5.96. The molecule has 3 aliphatic carbocycles. The number of anilines is 1. The van der Waals surface area contributed by atoms with E-state index in [2.05, 4.69) is 21.3 Å². The molecule has 1 aromatic carbocycles. The molecule has 6 rings (SSSR count). The molecule has 196 valence electrons. The molecule has 0 N–H and O–H groups in total. The first-order valence-corrected chi connectivity index (χ1v) is 13.5. The van der Waals surface area contributed by atoms with Gasteiger partial charge < -0.3 is 9.42 Å². The van der Waals surface area contributed by atoms with Gasteiger partial charge in [-0.3, -0.25) is 9.48 Å². The summed E-state index contributed by atoms with van der Waals surface area (Å²) in [5.41, 5.74) is 3.86. The number of carbonyl (C=O) groups excluding carboxylic acids is 1. The lowest BCUT2D eigenvalue weighted by atomic mass is 9.80. The number of carbonyl (C=O) groups is 1. The number of aromatic nitrogens is 4. The van der Waals surface area contributed by atoms with Gasteiger partial charge in [-0.2, -0.15) is 10.1 Å². The summed E-state index contributed by atoms with van der Waals surface area (Å²) < 4.78 is 34.6. The first kappa shape index (κ1) is 24.2. The van der Waals surface area contributed by atoms with E-state index in [0.29, 0.717) is 30.0 Å². The van der Waals surface area contributed by atoms with Crippen molar-refractivity contribution in [3.63, 3.8) is 0 Å². The summed E-state index contributed by atoms with van der Waals surface area (Å²) in [4.78, 5) is 19.5. The normalized spacial score (nSPS) is 19.1. The van der Waals surface area contributed by atoms with Crippen LogP contribution in [-0.2, 0) is 18.3 Å². The largest absolute Gasteiger partial charge is 0.334 e. The molecule has 3 aromatic rings. The van der Waals surface area contributed by atoms with Gasteiger partial charge in [-0.25, -0.2) is 8.78 Å². The van der Waals surface area contributed by atoms with Crippen molar-refractivity contribution in [3.8, 4) is 11.5 Å². The van der Waals surface area contributed by atoms with E-state index in [1.165, 1.54) is 24.2 Å². The molecule has 2 aromatic heterocycles. The maximum Gasteiger partial charge on any atom is 0.258 e. The Bertz CT molecular complexity index is 1270. The molecule has 0 atom stereocenters. The Morgan fingerprint density at radius 1 is 1.11 bits per heavy atom. The van der Waals surface area contributed by atoms with Crippen molar-refractivity contribution in [1.82, 2.24) is 19.9 Å².